The normalized spacial score (nSPS) is 20.1. The average Bonchev–Trinajstić information content (AvgIpc) is 3.62. The van der Waals surface area contributed by atoms with Gasteiger partial charge in [-0.05, 0) is 62.8 Å². The van der Waals surface area contributed by atoms with Crippen LogP contribution >= 0.6 is 0 Å². The summed E-state index contributed by atoms with van der Waals surface area (Å²) in [7, 11) is 1.95. The Balaban J connectivity index is 1.15. The molecule has 0 saturated heterocycles. The summed E-state index contributed by atoms with van der Waals surface area (Å²) in [4.78, 5) is 23.6. The van der Waals surface area contributed by atoms with Crippen molar-refractivity contribution in [2.45, 2.75) is 62.7 Å². The SMILES string of the molecule is CN(c1nccc(Nc2cc(C3CC3)[nH]n2)n1)[C@H]1CC[C@H](NC(=O)c2cccc(C(F)(F)F)c2)CC1. The van der Waals surface area contributed by atoms with Crippen LogP contribution in [0.5, 0.6) is 0 Å². The fourth-order valence-corrected chi connectivity index (χ4v) is 4.60. The van der Waals surface area contributed by atoms with Crippen molar-refractivity contribution in [3.8, 4) is 0 Å². The summed E-state index contributed by atoms with van der Waals surface area (Å²) < 4.78 is 38.9. The number of aromatic nitrogens is 4. The summed E-state index contributed by atoms with van der Waals surface area (Å²) in [6, 6.07) is 8.41. The molecule has 190 valence electrons. The molecule has 0 atom stereocenters. The summed E-state index contributed by atoms with van der Waals surface area (Å²) in [6.45, 7) is 0. The largest absolute Gasteiger partial charge is 0.416 e. The number of aromatic amines is 1. The van der Waals surface area contributed by atoms with Crippen LogP contribution in [0.2, 0.25) is 0 Å². The zero-order valence-electron chi connectivity index (χ0n) is 19.8. The van der Waals surface area contributed by atoms with E-state index in [0.29, 0.717) is 17.7 Å². The maximum absolute atomic E-state index is 13.0. The third kappa shape index (κ3) is 5.60. The van der Waals surface area contributed by atoms with Crippen LogP contribution in [0.1, 0.15) is 66.1 Å². The Morgan fingerprint density at radius 3 is 2.56 bits per heavy atom. The first-order valence-corrected chi connectivity index (χ1v) is 12.1. The number of rotatable bonds is 7. The van der Waals surface area contributed by atoms with Crippen molar-refractivity contribution >= 4 is 23.5 Å². The van der Waals surface area contributed by atoms with Gasteiger partial charge in [-0.3, -0.25) is 9.89 Å². The minimum Gasteiger partial charge on any atom is -0.349 e. The van der Waals surface area contributed by atoms with Crippen LogP contribution in [0.15, 0.2) is 42.6 Å². The first kappa shape index (κ1) is 24.1. The molecule has 0 aliphatic heterocycles. The molecule has 0 bridgehead atoms. The molecular weight excluding hydrogens is 471 g/mol. The number of hydrogen-bond acceptors (Lipinski definition) is 6. The van der Waals surface area contributed by atoms with Gasteiger partial charge in [0.1, 0.15) is 5.82 Å². The zero-order valence-corrected chi connectivity index (χ0v) is 19.8. The van der Waals surface area contributed by atoms with Crippen LogP contribution in [-0.2, 0) is 6.18 Å². The van der Waals surface area contributed by atoms with E-state index in [1.807, 2.05) is 18.0 Å². The second-order valence-corrected chi connectivity index (χ2v) is 9.52. The Labute approximate surface area is 206 Å². The summed E-state index contributed by atoms with van der Waals surface area (Å²) in [5.41, 5.74) is 0.330. The fourth-order valence-electron chi connectivity index (χ4n) is 4.60. The molecule has 11 heteroatoms. The molecule has 2 aromatic heterocycles. The number of alkyl halides is 3. The van der Waals surface area contributed by atoms with Gasteiger partial charge in [-0.15, -0.1) is 0 Å². The van der Waals surface area contributed by atoms with E-state index < -0.39 is 17.6 Å². The van der Waals surface area contributed by atoms with Crippen LogP contribution in [0.25, 0.3) is 0 Å². The summed E-state index contributed by atoms with van der Waals surface area (Å²) in [5, 5.41) is 13.5. The van der Waals surface area contributed by atoms with Gasteiger partial charge in [0.05, 0.1) is 5.56 Å². The molecule has 0 unspecified atom stereocenters. The molecule has 36 heavy (non-hydrogen) atoms. The van der Waals surface area contributed by atoms with Crippen molar-refractivity contribution < 1.29 is 18.0 Å². The Bertz CT molecular complexity index is 1220. The average molecular weight is 500 g/mol. The van der Waals surface area contributed by atoms with Gasteiger partial charge >= 0.3 is 6.18 Å². The number of halogens is 3. The lowest BCUT2D eigenvalue weighted by atomic mass is 9.90. The van der Waals surface area contributed by atoms with Crippen molar-refractivity contribution in [3.63, 3.8) is 0 Å². The second kappa shape index (κ2) is 9.79. The molecule has 1 amide bonds. The lowest BCUT2D eigenvalue weighted by Crippen LogP contribution is -2.43. The molecule has 2 aliphatic rings. The van der Waals surface area contributed by atoms with E-state index >= 15 is 0 Å². The summed E-state index contributed by atoms with van der Waals surface area (Å²) >= 11 is 0. The Hall–Kier alpha value is -3.63. The van der Waals surface area contributed by atoms with Crippen LogP contribution in [0.4, 0.5) is 30.8 Å². The molecule has 2 fully saturated rings. The quantitative estimate of drug-likeness (QED) is 0.422. The highest BCUT2D eigenvalue weighted by atomic mass is 19.4. The first-order chi connectivity index (χ1) is 17.3. The van der Waals surface area contributed by atoms with Crippen molar-refractivity contribution in [1.82, 2.24) is 25.5 Å². The van der Waals surface area contributed by atoms with Crippen LogP contribution in [0, 0.1) is 0 Å². The highest BCUT2D eigenvalue weighted by Crippen LogP contribution is 2.39. The molecule has 2 saturated carbocycles. The number of anilines is 3. The van der Waals surface area contributed by atoms with E-state index in [1.54, 1.807) is 12.3 Å². The number of amides is 1. The molecule has 8 nitrogen and oxygen atoms in total. The molecule has 0 spiro atoms. The molecule has 3 aromatic rings. The highest BCUT2D eigenvalue weighted by molar-refractivity contribution is 5.94. The first-order valence-electron chi connectivity index (χ1n) is 12.1. The van der Waals surface area contributed by atoms with Crippen LogP contribution in [0.3, 0.4) is 0 Å². The minimum atomic E-state index is -4.48. The Morgan fingerprint density at radius 1 is 1.06 bits per heavy atom. The molecule has 2 aliphatic carbocycles. The van der Waals surface area contributed by atoms with Crippen LogP contribution in [-0.4, -0.2) is 45.2 Å². The number of nitrogens with zero attached hydrogens (tertiary/aromatic N) is 4. The van der Waals surface area contributed by atoms with Gasteiger partial charge in [-0.2, -0.15) is 23.3 Å². The lowest BCUT2D eigenvalue weighted by Gasteiger charge is -2.35. The third-order valence-electron chi connectivity index (χ3n) is 6.86. The van der Waals surface area contributed by atoms with Gasteiger partial charge in [0, 0.05) is 48.6 Å². The fraction of sp³-hybridized carbons (Fsp3) is 0.440. The van der Waals surface area contributed by atoms with Gasteiger partial charge in [-0.1, -0.05) is 6.07 Å². The van der Waals surface area contributed by atoms with E-state index in [0.717, 1.165) is 49.3 Å². The number of benzene rings is 1. The highest BCUT2D eigenvalue weighted by Gasteiger charge is 2.32. The van der Waals surface area contributed by atoms with E-state index in [9.17, 15) is 18.0 Å². The van der Waals surface area contributed by atoms with Crippen molar-refractivity contribution in [1.29, 1.82) is 0 Å². The molecular formula is C25H28F3N7O. The maximum atomic E-state index is 13.0. The van der Waals surface area contributed by atoms with Gasteiger partial charge in [0.15, 0.2) is 5.82 Å². The smallest absolute Gasteiger partial charge is 0.349 e. The number of hydrogen-bond donors (Lipinski definition) is 3. The summed E-state index contributed by atoms with van der Waals surface area (Å²) in [5.74, 6) is 2.08. The van der Waals surface area contributed by atoms with Crippen LogP contribution < -0.4 is 15.5 Å². The predicted octanol–water partition coefficient (Wildman–Crippen LogP) is 5.02. The van der Waals surface area contributed by atoms with Gasteiger partial charge in [0.2, 0.25) is 5.95 Å². The van der Waals surface area contributed by atoms with Gasteiger partial charge in [-0.25, -0.2) is 4.98 Å². The third-order valence-corrected chi connectivity index (χ3v) is 6.86. The number of nitrogens with one attached hydrogen (secondary N) is 3. The van der Waals surface area contributed by atoms with Gasteiger partial charge in [0.25, 0.3) is 5.91 Å². The van der Waals surface area contributed by atoms with E-state index in [1.165, 1.54) is 25.0 Å². The van der Waals surface area contributed by atoms with E-state index in [-0.39, 0.29) is 17.6 Å². The molecule has 1 aromatic carbocycles. The molecule has 0 radical (unpaired) electrons. The second-order valence-electron chi connectivity index (χ2n) is 9.52. The Morgan fingerprint density at radius 2 is 1.83 bits per heavy atom. The van der Waals surface area contributed by atoms with Crippen molar-refractivity contribution in [2.24, 2.45) is 0 Å². The van der Waals surface area contributed by atoms with E-state index in [4.69, 9.17) is 0 Å². The standard InChI is InChI=1S/C25H28F3N7O/c1-35(24-29-12-11-21(32-24)31-22-14-20(33-34-22)15-5-6-15)19-9-7-18(8-10-19)30-23(36)16-3-2-4-17(13-16)25(26,27)28/h2-4,11-15,18-19H,5-10H2,1H3,(H,30,36)(H2,29,31,32,33,34)/t18-,19-. The maximum Gasteiger partial charge on any atom is 0.416 e. The van der Waals surface area contributed by atoms with Crippen molar-refractivity contribution in [2.75, 3.05) is 17.3 Å². The van der Waals surface area contributed by atoms with Crippen molar-refractivity contribution in [3.05, 3.63) is 59.4 Å². The predicted molar refractivity (Wildman–Crippen MR) is 129 cm³/mol. The summed E-state index contributed by atoms with van der Waals surface area (Å²) in [6.07, 6.45) is 2.65. The zero-order chi connectivity index (χ0) is 25.3. The minimum absolute atomic E-state index is 0.0166. The van der Waals surface area contributed by atoms with Gasteiger partial charge < -0.3 is 15.5 Å². The molecule has 3 N–H and O–H groups in total. The Kier molecular flexibility index (Phi) is 6.55. The lowest BCUT2D eigenvalue weighted by molar-refractivity contribution is -0.137. The number of H-pyrrole nitrogens is 1. The topological polar surface area (TPSA) is 98.8 Å². The van der Waals surface area contributed by atoms with E-state index in [2.05, 4.69) is 30.8 Å². The molecule has 2 heterocycles. The monoisotopic (exact) mass is 499 g/mol. The number of carbonyl (C=O) groups excluding carboxylic acids is 1. The molecule has 5 rings (SSSR count). The number of carbonyl (C=O) groups is 1.